The summed E-state index contributed by atoms with van der Waals surface area (Å²) >= 11 is 0. The molecule has 1 spiro atoms. The van der Waals surface area contributed by atoms with E-state index in [-0.39, 0.29) is 151 Å². The summed E-state index contributed by atoms with van der Waals surface area (Å²) in [4.78, 5) is 150. The fraction of sp³-hybridized carbons (Fsp3) is 0.663. The molecule has 727 valence electrons. The zero-order valence-electron chi connectivity index (χ0n) is 79.1. The number of aromatic nitrogens is 6. The molecule has 7 saturated carbocycles. The normalized spacial score (nSPS) is 33.7. The molecular weight excluding hydrogens is 1860 g/mol. The van der Waals surface area contributed by atoms with Crippen LogP contribution in [0.25, 0.3) is 33.1 Å². The molecule has 135 heavy (non-hydrogen) atoms. The first kappa shape index (κ1) is 102. The molecule has 7 aliphatic carbocycles. The van der Waals surface area contributed by atoms with Gasteiger partial charge in [0, 0.05) is 97.0 Å². The van der Waals surface area contributed by atoms with Crippen molar-refractivity contribution in [1.29, 1.82) is 0 Å². The van der Waals surface area contributed by atoms with Crippen LogP contribution in [0.5, 0.6) is 34.9 Å². The number of carbonyl (C=O) groups is 6. The van der Waals surface area contributed by atoms with E-state index in [2.05, 4.69) is 42.2 Å². The minimum Gasteiger partial charge on any atom is -0.540 e. The van der Waals surface area contributed by atoms with Crippen LogP contribution < -0.4 is 44.4 Å². The summed E-state index contributed by atoms with van der Waals surface area (Å²) in [5.41, 5.74) is -0.521. The Morgan fingerprint density at radius 2 is 0.785 bits per heavy atom. The molecular formula is C98H121F4N12O18V3-3. The molecule has 3 aromatic carbocycles. The summed E-state index contributed by atoms with van der Waals surface area (Å²) in [6.45, 7) is 23.6. The van der Waals surface area contributed by atoms with Crippen molar-refractivity contribution in [1.82, 2.24) is 60.6 Å². The molecule has 3 radical (unpaired) electrons. The molecule has 6 amide bonds. The summed E-state index contributed by atoms with van der Waals surface area (Å²) in [6.07, 6.45) is 13.9. The summed E-state index contributed by atoms with van der Waals surface area (Å²) < 4.78 is 118. The molecule has 3 aromatic heterocycles. The van der Waals surface area contributed by atoms with Gasteiger partial charge in [0.1, 0.15) is 77.2 Å². The molecule has 37 heteroatoms. The molecule has 6 aromatic rings. The molecule has 3 N–H and O–H groups in total. The predicted molar refractivity (Wildman–Crippen MR) is 472 cm³/mol. The van der Waals surface area contributed by atoms with E-state index in [9.17, 15) is 43.2 Å². The minimum atomic E-state index is -3.33. The number of benzene rings is 3. The maximum Gasteiger partial charge on any atom is 0.408 e. The van der Waals surface area contributed by atoms with Crippen LogP contribution in [0.15, 0.2) is 54.6 Å². The average Bonchev–Trinajstić information content (AvgIpc) is 1.63. The number of amides is 6. The van der Waals surface area contributed by atoms with E-state index in [4.69, 9.17) is 52.6 Å². The quantitative estimate of drug-likeness (QED) is 0.0792. The van der Waals surface area contributed by atoms with Crippen molar-refractivity contribution in [3.63, 3.8) is 0 Å². The van der Waals surface area contributed by atoms with Gasteiger partial charge in [-0.25, -0.2) is 63.1 Å². The SMILES string of the molecule is COc1ccc2nc3c(nc2c1)O[C@H]1CN(C(=O)[C@H](C(C)(C)C)NC(=O)O[C@@H]2CC4CC4[C@H]2CCCCC32CC2)[C@H]([C-]=O)[C@@H]1C.COc1ccc2nc3c(nc2c1)O[C@H]1CN(C(=O)[C@H](C(C)(C)C)NC(=O)O[C@@H]2C[C@H]2CCC2CC2C3(F)F)[C@H]([C-]=O)[C@@H]1C.COc1ccc2nc3c(nc2c1)O[C@H]1CN(C(=O)[C@H](C(C)(C)C)NC(=O)O[C@]2(C)C[C@H]2CCC2CC2C3(F)F)[C@H]([C-]=O)[C@@H]1C.[V].[V].[V]. The Morgan fingerprint density at radius 3 is 1.18 bits per heavy atom. The molecule has 24 atom stereocenters. The molecule has 30 nitrogen and oxygen atoms in total. The number of alkyl halides is 4. The minimum absolute atomic E-state index is 0. The molecule has 6 aliphatic heterocycles. The van der Waals surface area contributed by atoms with Gasteiger partial charge in [0.05, 0.1) is 74.1 Å². The van der Waals surface area contributed by atoms with Crippen molar-refractivity contribution < 1.29 is 159 Å². The van der Waals surface area contributed by atoms with Crippen LogP contribution in [-0.2, 0) is 116 Å². The number of rotatable bonds is 6. The zero-order valence-corrected chi connectivity index (χ0v) is 83.3. The fourth-order valence-corrected chi connectivity index (χ4v) is 21.6. The monoisotopic (exact) mass is 1980 g/mol. The Morgan fingerprint density at radius 1 is 0.415 bits per heavy atom. The predicted octanol–water partition coefficient (Wildman–Crippen LogP) is 14.3. The van der Waals surface area contributed by atoms with E-state index < -0.39 is 153 Å². The third-order valence-corrected chi connectivity index (χ3v) is 30.6. The summed E-state index contributed by atoms with van der Waals surface area (Å²) in [6, 6.07) is 9.48. The smallest absolute Gasteiger partial charge is 0.408 e. The van der Waals surface area contributed by atoms with Crippen LogP contribution in [0.2, 0.25) is 0 Å². The zero-order chi connectivity index (χ0) is 94.3. The van der Waals surface area contributed by atoms with Crippen molar-refractivity contribution >= 4 is 88.0 Å². The average molecular weight is 1980 g/mol. The largest absolute Gasteiger partial charge is 0.540 e. The van der Waals surface area contributed by atoms with E-state index >= 15 is 17.6 Å². The van der Waals surface area contributed by atoms with Gasteiger partial charge in [0.25, 0.3) is 11.8 Å². The van der Waals surface area contributed by atoms with Gasteiger partial charge in [-0.2, -0.15) is 17.6 Å². The van der Waals surface area contributed by atoms with Gasteiger partial charge < -0.3 is 87.7 Å². The number of carbonyl (C=O) groups excluding carboxylic acids is 9. The Labute approximate surface area is 819 Å². The van der Waals surface area contributed by atoms with Crippen LogP contribution in [0, 0.1) is 87.3 Å². The summed E-state index contributed by atoms with van der Waals surface area (Å²) in [7, 11) is 4.61. The van der Waals surface area contributed by atoms with Crippen LogP contribution in [-0.4, -0.2) is 213 Å². The number of nitrogens with one attached hydrogen (secondary N) is 3. The molecule has 13 aliphatic rings. The number of alkyl carbamates (subject to hydrolysis) is 3. The van der Waals surface area contributed by atoms with Gasteiger partial charge in [0.2, 0.25) is 35.4 Å². The third-order valence-electron chi connectivity index (χ3n) is 30.6. The van der Waals surface area contributed by atoms with Crippen molar-refractivity contribution in [3.05, 3.63) is 71.7 Å². The van der Waals surface area contributed by atoms with Crippen LogP contribution >= 0.6 is 0 Å². The van der Waals surface area contributed by atoms with Crippen LogP contribution in [0.4, 0.5) is 31.9 Å². The van der Waals surface area contributed by atoms with E-state index in [0.717, 1.165) is 56.2 Å². The number of fused-ring (bicyclic) bond motifs is 20. The standard InChI is InChI=1S/C35H45N4O6.C32H39F2N4O6.C31H37F2N4O6.3V/c1-19-26(18-40)39-17-28(19)44-31-29(36-24-10-9-21(43-5)16-25(24)37-31)35(12-13-35)11-7-6-8-22-23-14-20(23)15-27(22)45-33(42)38-30(32(39)41)34(2,3)4;1-16-23(15-39)38-14-24(16)43-27-25(35-21-10-9-19(42-6)12-22(21)36-27)32(33,34)20-11-17(20)7-8-18-13-31(18,5)44-29(41)37-26(28(38)40)30(2,3)4;1-15-22(14-38)37-13-24(15)42-27-25(34-20-9-8-18(41-5)12-21(20)35-27)31(32,33)19-10-16(19)6-7-17-11-23(17)43-29(40)36-26(28(37)39)30(2,3)4;;;/h9-10,16,19-20,22-23,26-28,30H,6-8,11-15,17H2,1-5H3,(H,38,42);9-10,12,16-18,20,23-24,26H,7-8,11,13-14H2,1-6H3,(H,37,41);8-9,12,15-17,19,22-24,26H,6-7,10-11,13H2,1-5H3,(H,36,40);;;/q3*-1;;;/t19-,20?,22+,23?,26+,27+,28-,30+;16-,17?,18+,20?,23+,24-,26+,31+;15-,16?,17+,19?,22+,23+,24-,26+;;;/m000.../s1. The Kier molecular flexibility index (Phi) is 29.3. The maximum atomic E-state index is 16.3. The van der Waals surface area contributed by atoms with E-state index in [1.165, 1.54) is 35.3 Å². The Bertz CT molecular complexity index is 5510. The van der Waals surface area contributed by atoms with Gasteiger partial charge in [-0.1, -0.05) is 114 Å². The van der Waals surface area contributed by atoms with Crippen molar-refractivity contribution in [3.8, 4) is 34.9 Å². The van der Waals surface area contributed by atoms with Gasteiger partial charge in [-0.3, -0.25) is 14.4 Å². The molecule has 6 unspecified atom stereocenters. The van der Waals surface area contributed by atoms with Crippen LogP contribution in [0.1, 0.15) is 210 Å². The van der Waals surface area contributed by atoms with Gasteiger partial charge >= 0.3 is 18.3 Å². The Balaban J connectivity index is 0.000000161. The number of hydrogen-bond acceptors (Lipinski definition) is 24. The van der Waals surface area contributed by atoms with Gasteiger partial charge in [-0.15, -0.1) is 0 Å². The first-order chi connectivity index (χ1) is 62.5. The first-order valence-corrected chi connectivity index (χ1v) is 46.8. The number of ether oxygens (including phenoxy) is 9. The molecule has 19 rings (SSSR count). The first-order valence-electron chi connectivity index (χ1n) is 46.8. The third kappa shape index (κ3) is 20.7. The second-order valence-electron chi connectivity index (χ2n) is 42.9. The second-order valence-corrected chi connectivity index (χ2v) is 42.9. The topological polar surface area (TPSA) is 360 Å². The fourth-order valence-electron chi connectivity index (χ4n) is 21.6. The van der Waals surface area contributed by atoms with E-state index in [1.54, 1.807) is 98.9 Å². The summed E-state index contributed by atoms with van der Waals surface area (Å²) in [5.74, 6) is -8.70. The number of hydrogen-bond donors (Lipinski definition) is 3. The number of methoxy groups -OCH3 is 3. The number of nitrogens with zero attached hydrogens (tertiary/aromatic N) is 9. The molecule has 6 bridgehead atoms. The van der Waals surface area contributed by atoms with E-state index in [1.807, 2.05) is 65.4 Å². The second kappa shape index (κ2) is 38.8. The molecule has 10 fully saturated rings. The number of halogens is 4. The molecule has 3 saturated heterocycles. The Hall–Kier alpha value is -8.82. The summed E-state index contributed by atoms with van der Waals surface area (Å²) in [5, 5.41) is 8.39. The van der Waals surface area contributed by atoms with Gasteiger partial charge in [0.15, 0.2) is 11.4 Å². The van der Waals surface area contributed by atoms with E-state index in [0.29, 0.717) is 109 Å². The maximum absolute atomic E-state index is 16.3. The van der Waals surface area contributed by atoms with Crippen molar-refractivity contribution in [2.75, 3.05) is 41.0 Å². The van der Waals surface area contributed by atoms with Gasteiger partial charge in [-0.05, 0) is 203 Å². The van der Waals surface area contributed by atoms with Crippen LogP contribution in [0.3, 0.4) is 0 Å². The van der Waals surface area contributed by atoms with Crippen molar-refractivity contribution in [2.45, 2.75) is 282 Å². The molecule has 9 heterocycles. The van der Waals surface area contributed by atoms with Crippen molar-refractivity contribution in [2.24, 2.45) is 87.3 Å².